The van der Waals surface area contributed by atoms with Gasteiger partial charge in [0.25, 0.3) is 0 Å². The van der Waals surface area contributed by atoms with Gasteiger partial charge in [-0.05, 0) is 82.7 Å². The highest BCUT2D eigenvalue weighted by Crippen LogP contribution is 2.24. The van der Waals surface area contributed by atoms with Crippen LogP contribution < -0.4 is 5.32 Å². The van der Waals surface area contributed by atoms with Crippen molar-refractivity contribution in [2.24, 2.45) is 23.7 Å². The standard InChI is InChI=1S/C6H12.C5H11N.2C5H10O.C5H10.C4H8O.6C2H6/c1-6-4-2-3-5-6;2*1-5-2-3-6-4-5;1-5-3-2-4-6-5;1-5-3-2-4-5;1-4-2-3-5-4;6*1-2/h6H,2-5H2,1H3;5-6H,2-4H2,1H3;2*5H,2-4H2,1H3;5H,2-4H2,1H3;4H,2-3H2,1H3;6*1-2H3/t;3*5-;;4-;;;;;;/m.000.0....../s1. The van der Waals surface area contributed by atoms with E-state index in [0.717, 1.165) is 50.1 Å². The first kappa shape index (κ1) is 58.1. The summed E-state index contributed by atoms with van der Waals surface area (Å²) in [5, 5.41) is 3.27. The molecule has 2 aliphatic carbocycles. The van der Waals surface area contributed by atoms with Gasteiger partial charge in [-0.2, -0.15) is 0 Å². The van der Waals surface area contributed by atoms with Crippen LogP contribution in [-0.2, 0) is 14.2 Å². The second kappa shape index (κ2) is 54.3. The van der Waals surface area contributed by atoms with Gasteiger partial charge in [0.15, 0.2) is 0 Å². The first-order chi connectivity index (χ1) is 22.4. The molecule has 0 aromatic heterocycles. The maximum Gasteiger partial charge on any atom is 0.0568 e. The van der Waals surface area contributed by atoms with Crippen molar-refractivity contribution >= 4 is 0 Å². The van der Waals surface area contributed by atoms with Gasteiger partial charge in [0.05, 0.1) is 12.2 Å². The summed E-state index contributed by atoms with van der Waals surface area (Å²) in [4.78, 5) is 0. The van der Waals surface area contributed by atoms with Gasteiger partial charge >= 0.3 is 0 Å². The number of ether oxygens (including phenoxy) is 3. The maximum absolute atomic E-state index is 5.15. The predicted octanol–water partition coefficient (Wildman–Crippen LogP) is 13.8. The van der Waals surface area contributed by atoms with Gasteiger partial charge in [-0.15, -0.1) is 0 Å². The Balaban J connectivity index is -0.0000000980. The molecule has 4 heterocycles. The predicted molar refractivity (Wildman–Crippen MR) is 215 cm³/mol. The molecule has 4 saturated heterocycles. The van der Waals surface area contributed by atoms with Crippen molar-refractivity contribution in [3.8, 4) is 0 Å². The summed E-state index contributed by atoms with van der Waals surface area (Å²) < 4.78 is 15.1. The van der Waals surface area contributed by atoms with Gasteiger partial charge in [0.2, 0.25) is 0 Å². The van der Waals surface area contributed by atoms with E-state index in [9.17, 15) is 0 Å². The molecule has 0 amide bonds. The number of hydrogen-bond acceptors (Lipinski definition) is 4. The molecular weight excluding hydrogens is 566 g/mol. The van der Waals surface area contributed by atoms with Crippen molar-refractivity contribution in [3.05, 3.63) is 0 Å². The lowest BCUT2D eigenvalue weighted by Gasteiger charge is -2.20. The van der Waals surface area contributed by atoms with Crippen molar-refractivity contribution in [2.75, 3.05) is 39.5 Å². The third kappa shape index (κ3) is 50.7. The number of rotatable bonds is 0. The van der Waals surface area contributed by atoms with E-state index in [4.69, 9.17) is 14.2 Å². The van der Waals surface area contributed by atoms with Crippen LogP contribution in [0.25, 0.3) is 0 Å². The zero-order chi connectivity index (χ0) is 37.0. The molecule has 0 aromatic rings. The fourth-order valence-electron chi connectivity index (χ4n) is 4.29. The van der Waals surface area contributed by atoms with Gasteiger partial charge in [0.1, 0.15) is 0 Å². The monoisotopic (exact) mass is 664 g/mol. The topological polar surface area (TPSA) is 39.7 Å². The van der Waals surface area contributed by atoms with E-state index in [1.165, 1.54) is 90.1 Å². The average Bonchev–Trinajstić information content (AvgIpc) is 3.95. The van der Waals surface area contributed by atoms with Crippen LogP contribution in [0.1, 0.15) is 202 Å². The molecule has 0 bridgehead atoms. The lowest BCUT2D eigenvalue weighted by molar-refractivity contribution is -0.0375. The Bertz CT molecular complexity index is 349. The van der Waals surface area contributed by atoms with Crippen molar-refractivity contribution in [1.82, 2.24) is 5.32 Å². The Labute approximate surface area is 296 Å². The molecule has 0 aromatic carbocycles. The molecule has 4 aliphatic heterocycles. The van der Waals surface area contributed by atoms with Crippen LogP contribution in [0.5, 0.6) is 0 Å². The van der Waals surface area contributed by atoms with E-state index < -0.39 is 0 Å². The minimum Gasteiger partial charge on any atom is -0.381 e. The van der Waals surface area contributed by atoms with Crippen LogP contribution >= 0.6 is 0 Å². The highest BCUT2D eigenvalue weighted by atomic mass is 16.5. The fourth-order valence-corrected chi connectivity index (χ4v) is 4.29. The van der Waals surface area contributed by atoms with Crippen molar-refractivity contribution in [1.29, 1.82) is 0 Å². The molecule has 4 heteroatoms. The molecule has 4 nitrogen and oxygen atoms in total. The summed E-state index contributed by atoms with van der Waals surface area (Å²) >= 11 is 0. The van der Waals surface area contributed by atoms with E-state index >= 15 is 0 Å². The molecule has 6 rings (SSSR count). The Morgan fingerprint density at radius 1 is 0.391 bits per heavy atom. The maximum atomic E-state index is 5.15. The van der Waals surface area contributed by atoms with Crippen LogP contribution in [0.2, 0.25) is 0 Å². The number of nitrogens with one attached hydrogen (secondary N) is 1. The van der Waals surface area contributed by atoms with Crippen molar-refractivity contribution < 1.29 is 14.2 Å². The molecule has 2 saturated carbocycles. The second-order valence-corrected chi connectivity index (χ2v) is 11.8. The van der Waals surface area contributed by atoms with Crippen LogP contribution in [0, 0.1) is 23.7 Å². The first-order valence-corrected chi connectivity index (χ1v) is 20.9. The zero-order valence-corrected chi connectivity index (χ0v) is 35.9. The van der Waals surface area contributed by atoms with E-state index in [1.807, 2.05) is 83.1 Å². The highest BCUT2D eigenvalue weighted by Gasteiger charge is 2.10. The molecule has 0 unspecified atom stereocenters. The number of hydrogen-bond donors (Lipinski definition) is 1. The molecule has 6 aliphatic rings. The quantitative estimate of drug-likeness (QED) is 0.280. The average molecular weight is 664 g/mol. The van der Waals surface area contributed by atoms with Crippen molar-refractivity contribution in [3.63, 3.8) is 0 Å². The Morgan fingerprint density at radius 2 is 0.826 bits per heavy atom. The molecule has 0 radical (unpaired) electrons. The summed E-state index contributed by atoms with van der Waals surface area (Å²) in [5.41, 5.74) is 0. The zero-order valence-electron chi connectivity index (χ0n) is 35.9. The largest absolute Gasteiger partial charge is 0.381 e. The van der Waals surface area contributed by atoms with Crippen LogP contribution in [0.15, 0.2) is 0 Å². The molecule has 0 spiro atoms. The second-order valence-electron chi connectivity index (χ2n) is 11.8. The van der Waals surface area contributed by atoms with Gasteiger partial charge in [-0.25, -0.2) is 0 Å². The molecule has 1 N–H and O–H groups in total. The molecule has 4 atom stereocenters. The summed E-state index contributed by atoms with van der Waals surface area (Å²) in [6, 6.07) is 0. The lowest BCUT2D eigenvalue weighted by atomic mass is 9.88. The van der Waals surface area contributed by atoms with Gasteiger partial charge in [-0.1, -0.05) is 156 Å². The van der Waals surface area contributed by atoms with E-state index in [-0.39, 0.29) is 0 Å². The summed E-state index contributed by atoms with van der Waals surface area (Å²) in [6.45, 7) is 43.8. The summed E-state index contributed by atoms with van der Waals surface area (Å²) in [7, 11) is 0. The molecule has 46 heavy (non-hydrogen) atoms. The van der Waals surface area contributed by atoms with Crippen LogP contribution in [0.3, 0.4) is 0 Å². The van der Waals surface area contributed by atoms with Gasteiger partial charge in [-0.3, -0.25) is 0 Å². The highest BCUT2D eigenvalue weighted by molar-refractivity contribution is 4.65. The van der Waals surface area contributed by atoms with E-state index in [1.54, 1.807) is 0 Å². The summed E-state index contributed by atoms with van der Waals surface area (Å²) in [5.74, 6) is 3.87. The Hall–Kier alpha value is -0.160. The Morgan fingerprint density at radius 3 is 0.913 bits per heavy atom. The molecular formula is C42H97NO3. The van der Waals surface area contributed by atoms with Gasteiger partial charge < -0.3 is 19.5 Å². The fraction of sp³-hybridized carbons (Fsp3) is 1.00. The lowest BCUT2D eigenvalue weighted by Crippen LogP contribution is -2.22. The minimum absolute atomic E-state index is 0.546. The minimum atomic E-state index is 0.546. The smallest absolute Gasteiger partial charge is 0.0568 e. The van der Waals surface area contributed by atoms with Crippen molar-refractivity contribution in [2.45, 2.75) is 214 Å². The van der Waals surface area contributed by atoms with Crippen LogP contribution in [-0.4, -0.2) is 51.7 Å². The molecule has 288 valence electrons. The third-order valence-corrected chi connectivity index (χ3v) is 7.59. The Kier molecular flexibility index (Phi) is 68.5. The van der Waals surface area contributed by atoms with E-state index in [0.29, 0.717) is 12.2 Å². The van der Waals surface area contributed by atoms with Gasteiger partial charge in [0, 0.05) is 26.4 Å². The van der Waals surface area contributed by atoms with Crippen LogP contribution in [0.4, 0.5) is 0 Å². The van der Waals surface area contributed by atoms with E-state index in [2.05, 4.69) is 46.9 Å². The SMILES string of the molecule is CC.CC.CC.CC.CC.CC.CC1CCC1.CC1CCCC1.C[C@H]1CCCO1.C[C@H]1CCNC1.C[C@H]1CCO1.C[C@H]1CCOC1. The molecule has 6 fully saturated rings. The summed E-state index contributed by atoms with van der Waals surface area (Å²) in [6.07, 6.45) is 17.9. The first-order valence-electron chi connectivity index (χ1n) is 20.9. The third-order valence-electron chi connectivity index (χ3n) is 7.59. The normalized spacial score (nSPS) is 24.4.